The van der Waals surface area contributed by atoms with Crippen LogP contribution in [0.3, 0.4) is 0 Å². The second kappa shape index (κ2) is 11.3. The van der Waals surface area contributed by atoms with E-state index in [9.17, 15) is 4.79 Å². The zero-order valence-electron chi connectivity index (χ0n) is 18.2. The Morgan fingerprint density at radius 1 is 1.13 bits per heavy atom. The van der Waals surface area contributed by atoms with E-state index in [-0.39, 0.29) is 5.91 Å². The van der Waals surface area contributed by atoms with Gasteiger partial charge in [0.1, 0.15) is 0 Å². The Balaban J connectivity index is 1.59. The molecule has 6 heteroatoms. The molecule has 0 radical (unpaired) electrons. The summed E-state index contributed by atoms with van der Waals surface area (Å²) in [7, 11) is 1.61. The number of anilines is 1. The van der Waals surface area contributed by atoms with E-state index in [2.05, 4.69) is 17.2 Å². The molecule has 1 N–H and O–H groups in total. The molecule has 0 aliphatic heterocycles. The Morgan fingerprint density at radius 3 is 2.68 bits per heavy atom. The largest absolute Gasteiger partial charge is 0.493 e. The van der Waals surface area contributed by atoms with Gasteiger partial charge in [0, 0.05) is 17.0 Å². The Kier molecular flexibility index (Phi) is 8.24. The fraction of sp³-hybridized carbons (Fsp3) is 0.280. The molecule has 0 atom stereocenters. The maximum Gasteiger partial charge on any atom is 0.250 e. The average Bonchev–Trinajstić information content (AvgIpc) is 3.24. The van der Waals surface area contributed by atoms with E-state index < -0.39 is 0 Å². The summed E-state index contributed by atoms with van der Waals surface area (Å²) < 4.78 is 11.2. The van der Waals surface area contributed by atoms with Crippen LogP contribution in [0.5, 0.6) is 11.5 Å². The highest BCUT2D eigenvalue weighted by Gasteiger charge is 2.08. The number of rotatable bonds is 10. The lowest BCUT2D eigenvalue weighted by atomic mass is 10.1. The van der Waals surface area contributed by atoms with Gasteiger partial charge in [-0.05, 0) is 37.1 Å². The molecule has 2 aromatic carbocycles. The lowest BCUT2D eigenvalue weighted by Crippen LogP contribution is -2.07. The number of ether oxygens (including phenoxy) is 2. The SMILES string of the molecule is CCCCCOc1ccc(/C=C/C(=O)Nc2nc(-c3ccc(C)cc3)cs2)cc1OC. The van der Waals surface area contributed by atoms with Gasteiger partial charge in [0.05, 0.1) is 19.4 Å². The van der Waals surface area contributed by atoms with Crippen molar-refractivity contribution in [2.75, 3.05) is 19.0 Å². The summed E-state index contributed by atoms with van der Waals surface area (Å²) in [6, 6.07) is 13.8. The average molecular weight is 437 g/mol. The first-order valence-electron chi connectivity index (χ1n) is 10.4. The number of carbonyl (C=O) groups excluding carboxylic acids is 1. The molecular formula is C25H28N2O3S. The number of hydrogen-bond donors (Lipinski definition) is 1. The molecule has 1 heterocycles. The van der Waals surface area contributed by atoms with Crippen LogP contribution in [-0.2, 0) is 4.79 Å². The van der Waals surface area contributed by atoms with Crippen molar-refractivity contribution in [3.63, 3.8) is 0 Å². The van der Waals surface area contributed by atoms with Crippen molar-refractivity contribution in [1.29, 1.82) is 0 Å². The monoisotopic (exact) mass is 436 g/mol. The highest BCUT2D eigenvalue weighted by Crippen LogP contribution is 2.29. The number of methoxy groups -OCH3 is 1. The van der Waals surface area contributed by atoms with Crippen LogP contribution in [0, 0.1) is 6.92 Å². The summed E-state index contributed by atoms with van der Waals surface area (Å²) in [5.41, 5.74) is 3.93. The zero-order chi connectivity index (χ0) is 22.1. The van der Waals surface area contributed by atoms with Crippen molar-refractivity contribution >= 4 is 28.5 Å². The molecule has 0 spiro atoms. The van der Waals surface area contributed by atoms with Gasteiger partial charge < -0.3 is 9.47 Å². The number of nitrogens with zero attached hydrogens (tertiary/aromatic N) is 1. The van der Waals surface area contributed by atoms with Gasteiger partial charge in [-0.2, -0.15) is 0 Å². The van der Waals surface area contributed by atoms with Crippen molar-refractivity contribution in [1.82, 2.24) is 4.98 Å². The summed E-state index contributed by atoms with van der Waals surface area (Å²) in [6.07, 6.45) is 6.55. The molecule has 0 aliphatic rings. The van der Waals surface area contributed by atoms with Gasteiger partial charge in [0.2, 0.25) is 5.91 Å². The number of carbonyl (C=O) groups is 1. The summed E-state index contributed by atoms with van der Waals surface area (Å²) in [4.78, 5) is 16.8. The zero-order valence-corrected chi connectivity index (χ0v) is 19.0. The molecule has 31 heavy (non-hydrogen) atoms. The molecule has 1 amide bonds. The van der Waals surface area contributed by atoms with Gasteiger partial charge in [-0.15, -0.1) is 11.3 Å². The summed E-state index contributed by atoms with van der Waals surface area (Å²) >= 11 is 1.40. The fourth-order valence-electron chi connectivity index (χ4n) is 2.95. The molecule has 0 bridgehead atoms. The molecule has 5 nitrogen and oxygen atoms in total. The van der Waals surface area contributed by atoms with Gasteiger partial charge in [0.25, 0.3) is 0 Å². The Hall–Kier alpha value is -3.12. The molecule has 3 aromatic rings. The van der Waals surface area contributed by atoms with E-state index in [4.69, 9.17) is 9.47 Å². The van der Waals surface area contributed by atoms with Crippen LogP contribution in [0.15, 0.2) is 53.9 Å². The number of benzene rings is 2. The highest BCUT2D eigenvalue weighted by molar-refractivity contribution is 7.14. The van der Waals surface area contributed by atoms with Crippen molar-refractivity contribution < 1.29 is 14.3 Å². The molecular weight excluding hydrogens is 408 g/mol. The third-order valence-corrected chi connectivity index (χ3v) is 5.46. The van der Waals surface area contributed by atoms with Gasteiger partial charge in [-0.25, -0.2) is 4.98 Å². The van der Waals surface area contributed by atoms with Crippen LogP contribution in [0.4, 0.5) is 5.13 Å². The van der Waals surface area contributed by atoms with Crippen LogP contribution in [0.2, 0.25) is 0 Å². The second-order valence-electron chi connectivity index (χ2n) is 7.19. The summed E-state index contributed by atoms with van der Waals surface area (Å²) in [5, 5.41) is 5.33. The highest BCUT2D eigenvalue weighted by atomic mass is 32.1. The first-order valence-corrected chi connectivity index (χ1v) is 11.3. The number of hydrogen-bond acceptors (Lipinski definition) is 5. The van der Waals surface area contributed by atoms with Crippen molar-refractivity contribution in [3.05, 3.63) is 65.0 Å². The molecule has 1 aromatic heterocycles. The molecule has 0 aliphatic carbocycles. The second-order valence-corrected chi connectivity index (χ2v) is 8.05. The number of aryl methyl sites for hydroxylation is 1. The lowest BCUT2D eigenvalue weighted by Gasteiger charge is -2.11. The number of amides is 1. The molecule has 0 saturated heterocycles. The number of unbranched alkanes of at least 4 members (excludes halogenated alkanes) is 2. The van der Waals surface area contributed by atoms with E-state index in [0.29, 0.717) is 23.2 Å². The summed E-state index contributed by atoms with van der Waals surface area (Å²) in [5.74, 6) is 1.14. The number of aromatic nitrogens is 1. The predicted molar refractivity (Wildman–Crippen MR) is 128 cm³/mol. The number of nitrogens with one attached hydrogen (secondary N) is 1. The third kappa shape index (κ3) is 6.69. The Bertz CT molecular complexity index is 1030. The Morgan fingerprint density at radius 2 is 1.94 bits per heavy atom. The Labute approximate surface area is 187 Å². The van der Waals surface area contributed by atoms with Crippen LogP contribution in [0.25, 0.3) is 17.3 Å². The van der Waals surface area contributed by atoms with Gasteiger partial charge >= 0.3 is 0 Å². The minimum Gasteiger partial charge on any atom is -0.493 e. The fourth-order valence-corrected chi connectivity index (χ4v) is 3.67. The van der Waals surface area contributed by atoms with Gasteiger partial charge in [0.15, 0.2) is 16.6 Å². The van der Waals surface area contributed by atoms with Crippen molar-refractivity contribution in [2.24, 2.45) is 0 Å². The van der Waals surface area contributed by atoms with Crippen molar-refractivity contribution in [2.45, 2.75) is 33.1 Å². The van der Waals surface area contributed by atoms with Crippen LogP contribution < -0.4 is 14.8 Å². The van der Waals surface area contributed by atoms with Gasteiger partial charge in [-0.3, -0.25) is 10.1 Å². The van der Waals surface area contributed by atoms with E-state index in [1.54, 1.807) is 13.2 Å². The third-order valence-electron chi connectivity index (χ3n) is 4.70. The van der Waals surface area contributed by atoms with Crippen LogP contribution in [0.1, 0.15) is 37.3 Å². The molecule has 0 saturated carbocycles. The predicted octanol–water partition coefficient (Wildman–Crippen LogP) is 6.35. The number of thiazole rings is 1. The standard InChI is InChI=1S/C25H28N2O3S/c1-4-5-6-15-30-22-13-9-19(16-23(22)29-3)10-14-24(28)27-25-26-21(17-31-25)20-11-7-18(2)8-12-20/h7-14,16-17H,4-6,15H2,1-3H3,(H,26,27,28)/b14-10+. The maximum absolute atomic E-state index is 12.3. The lowest BCUT2D eigenvalue weighted by molar-refractivity contribution is -0.111. The van der Waals surface area contributed by atoms with Crippen LogP contribution >= 0.6 is 11.3 Å². The van der Waals surface area contributed by atoms with E-state index in [0.717, 1.165) is 36.1 Å². The van der Waals surface area contributed by atoms with Gasteiger partial charge in [-0.1, -0.05) is 55.7 Å². The molecule has 0 fully saturated rings. The quantitative estimate of drug-likeness (QED) is 0.297. The first-order chi connectivity index (χ1) is 15.1. The minimum absolute atomic E-state index is 0.233. The molecule has 3 rings (SSSR count). The minimum atomic E-state index is -0.233. The normalized spacial score (nSPS) is 10.9. The van der Waals surface area contributed by atoms with Crippen LogP contribution in [-0.4, -0.2) is 24.6 Å². The molecule has 0 unspecified atom stereocenters. The molecule has 162 valence electrons. The first kappa shape index (κ1) is 22.6. The topological polar surface area (TPSA) is 60.5 Å². The van der Waals surface area contributed by atoms with E-state index in [1.165, 1.54) is 23.0 Å². The van der Waals surface area contributed by atoms with E-state index in [1.807, 2.05) is 54.8 Å². The summed E-state index contributed by atoms with van der Waals surface area (Å²) in [6.45, 7) is 4.88. The van der Waals surface area contributed by atoms with Crippen molar-refractivity contribution in [3.8, 4) is 22.8 Å². The smallest absolute Gasteiger partial charge is 0.250 e. The maximum atomic E-state index is 12.3. The van der Waals surface area contributed by atoms with E-state index >= 15 is 0 Å².